The van der Waals surface area contributed by atoms with Crippen molar-refractivity contribution in [2.45, 2.75) is 71.3 Å². The van der Waals surface area contributed by atoms with Crippen LogP contribution >= 0.6 is 0 Å². The number of nitrogens with two attached hydrogens (primary N) is 1. The molecule has 0 radical (unpaired) electrons. The lowest BCUT2D eigenvalue weighted by atomic mass is 9.76. The van der Waals surface area contributed by atoms with Crippen molar-refractivity contribution in [3.05, 3.63) is 0 Å². The zero-order chi connectivity index (χ0) is 14.8. The molecule has 0 heterocycles. The molecule has 1 aliphatic carbocycles. The molecule has 1 aliphatic rings. The van der Waals surface area contributed by atoms with E-state index >= 15 is 0 Å². The Morgan fingerprint density at radius 2 is 1.80 bits per heavy atom. The summed E-state index contributed by atoms with van der Waals surface area (Å²) in [7, 11) is 0. The van der Waals surface area contributed by atoms with Crippen molar-refractivity contribution in [2.75, 3.05) is 32.8 Å². The van der Waals surface area contributed by atoms with E-state index in [-0.39, 0.29) is 5.54 Å². The summed E-state index contributed by atoms with van der Waals surface area (Å²) in [6.07, 6.45) is 8.77. The van der Waals surface area contributed by atoms with Gasteiger partial charge in [0, 0.05) is 25.2 Å². The molecule has 0 bridgehead atoms. The van der Waals surface area contributed by atoms with E-state index in [1.54, 1.807) is 0 Å². The Morgan fingerprint density at radius 1 is 1.10 bits per heavy atom. The van der Waals surface area contributed by atoms with Crippen LogP contribution in [0, 0.1) is 5.92 Å². The van der Waals surface area contributed by atoms with Gasteiger partial charge in [0.25, 0.3) is 0 Å². The lowest BCUT2D eigenvalue weighted by Gasteiger charge is -2.47. The van der Waals surface area contributed by atoms with Gasteiger partial charge >= 0.3 is 0 Å². The molecule has 1 saturated carbocycles. The van der Waals surface area contributed by atoms with E-state index in [1.165, 1.54) is 44.9 Å². The number of rotatable bonds is 10. The second kappa shape index (κ2) is 9.75. The van der Waals surface area contributed by atoms with Crippen molar-refractivity contribution in [3.63, 3.8) is 0 Å². The van der Waals surface area contributed by atoms with Gasteiger partial charge in [-0.1, -0.05) is 27.2 Å². The fraction of sp³-hybridized carbons (Fsp3) is 1.00. The lowest BCUT2D eigenvalue weighted by molar-refractivity contribution is 0.0152. The fourth-order valence-corrected chi connectivity index (χ4v) is 3.33. The van der Waals surface area contributed by atoms with Crippen LogP contribution in [0.15, 0.2) is 0 Å². The van der Waals surface area contributed by atoms with Gasteiger partial charge in [-0.15, -0.1) is 0 Å². The molecule has 3 nitrogen and oxygen atoms in total. The summed E-state index contributed by atoms with van der Waals surface area (Å²) in [6, 6.07) is 0. The predicted octanol–water partition coefficient (Wildman–Crippen LogP) is 3.42. The minimum Gasteiger partial charge on any atom is -0.380 e. The summed E-state index contributed by atoms with van der Waals surface area (Å²) in [6.45, 7) is 11.6. The molecule has 0 atom stereocenters. The number of unbranched alkanes of at least 4 members (excludes halogenated alkanes) is 1. The largest absolute Gasteiger partial charge is 0.380 e. The van der Waals surface area contributed by atoms with Crippen molar-refractivity contribution >= 4 is 0 Å². The van der Waals surface area contributed by atoms with E-state index in [0.29, 0.717) is 0 Å². The van der Waals surface area contributed by atoms with Gasteiger partial charge in [0.05, 0.1) is 6.61 Å². The molecular weight excluding hydrogens is 248 g/mol. The monoisotopic (exact) mass is 284 g/mol. The topological polar surface area (TPSA) is 38.5 Å². The average molecular weight is 284 g/mol. The first kappa shape index (κ1) is 17.9. The molecule has 0 aliphatic heterocycles. The summed E-state index contributed by atoms with van der Waals surface area (Å²) in [5.74, 6) is 0.874. The zero-order valence-electron chi connectivity index (χ0n) is 14.0. The summed E-state index contributed by atoms with van der Waals surface area (Å²) in [5.41, 5.74) is 6.43. The highest BCUT2D eigenvalue weighted by atomic mass is 16.5. The second-order valence-electron chi connectivity index (χ2n) is 6.56. The standard InChI is InChI=1S/C17H36N2O/c1-4-6-13-20-14-12-19(11-5-2)17(15-18)9-7-16(3)8-10-17/h16H,4-15,18H2,1-3H3. The highest BCUT2D eigenvalue weighted by Crippen LogP contribution is 2.35. The molecule has 2 N–H and O–H groups in total. The van der Waals surface area contributed by atoms with Crippen molar-refractivity contribution in [3.8, 4) is 0 Å². The van der Waals surface area contributed by atoms with Crippen LogP contribution in [-0.4, -0.2) is 43.3 Å². The summed E-state index contributed by atoms with van der Waals surface area (Å²) in [4.78, 5) is 2.63. The highest BCUT2D eigenvalue weighted by molar-refractivity contribution is 4.95. The van der Waals surface area contributed by atoms with E-state index < -0.39 is 0 Å². The molecule has 0 aromatic heterocycles. The SMILES string of the molecule is CCCCOCCN(CCC)C1(CN)CCC(C)CC1. The second-order valence-corrected chi connectivity index (χ2v) is 6.56. The van der Waals surface area contributed by atoms with E-state index in [1.807, 2.05) is 0 Å². The van der Waals surface area contributed by atoms with E-state index in [9.17, 15) is 0 Å². The Morgan fingerprint density at radius 3 is 2.35 bits per heavy atom. The third kappa shape index (κ3) is 5.34. The average Bonchev–Trinajstić information content (AvgIpc) is 2.47. The number of hydrogen-bond donors (Lipinski definition) is 1. The summed E-state index contributed by atoms with van der Waals surface area (Å²) in [5, 5.41) is 0. The maximum Gasteiger partial charge on any atom is 0.0593 e. The third-order valence-electron chi connectivity index (χ3n) is 4.90. The Bertz CT molecular complexity index is 237. The lowest BCUT2D eigenvalue weighted by Crippen LogP contribution is -2.56. The van der Waals surface area contributed by atoms with Gasteiger partial charge in [-0.2, -0.15) is 0 Å². The van der Waals surface area contributed by atoms with E-state index in [2.05, 4.69) is 25.7 Å². The third-order valence-corrected chi connectivity index (χ3v) is 4.90. The minimum atomic E-state index is 0.247. The van der Waals surface area contributed by atoms with Crippen molar-refractivity contribution < 1.29 is 4.74 Å². The maximum absolute atomic E-state index is 6.18. The van der Waals surface area contributed by atoms with Crippen molar-refractivity contribution in [1.82, 2.24) is 4.90 Å². The van der Waals surface area contributed by atoms with Crippen LogP contribution in [0.25, 0.3) is 0 Å². The summed E-state index contributed by atoms with van der Waals surface area (Å²) >= 11 is 0. The van der Waals surface area contributed by atoms with Gasteiger partial charge in [0.15, 0.2) is 0 Å². The zero-order valence-corrected chi connectivity index (χ0v) is 14.0. The van der Waals surface area contributed by atoms with Crippen LogP contribution < -0.4 is 5.73 Å². The first-order valence-electron chi connectivity index (χ1n) is 8.71. The molecule has 0 unspecified atom stereocenters. The predicted molar refractivity (Wildman–Crippen MR) is 87.0 cm³/mol. The van der Waals surface area contributed by atoms with Gasteiger partial charge in [0.1, 0.15) is 0 Å². The Hall–Kier alpha value is -0.120. The van der Waals surface area contributed by atoms with Gasteiger partial charge < -0.3 is 10.5 Å². The number of ether oxygens (including phenoxy) is 1. The quantitative estimate of drug-likeness (QED) is 0.625. The molecule has 1 rings (SSSR count). The number of hydrogen-bond acceptors (Lipinski definition) is 3. The minimum absolute atomic E-state index is 0.247. The van der Waals surface area contributed by atoms with Crippen LogP contribution in [0.1, 0.15) is 65.7 Å². The molecule has 120 valence electrons. The molecule has 1 fully saturated rings. The Kier molecular flexibility index (Phi) is 8.74. The van der Waals surface area contributed by atoms with Gasteiger partial charge in [-0.3, -0.25) is 4.90 Å². The molecular formula is C17H36N2O. The molecule has 20 heavy (non-hydrogen) atoms. The smallest absolute Gasteiger partial charge is 0.0593 e. The Labute approximate surface area is 126 Å². The Balaban J connectivity index is 2.48. The number of nitrogens with zero attached hydrogens (tertiary/aromatic N) is 1. The first-order chi connectivity index (χ1) is 9.68. The van der Waals surface area contributed by atoms with Crippen LogP contribution in [0.3, 0.4) is 0 Å². The molecule has 0 aromatic carbocycles. The van der Waals surface area contributed by atoms with Gasteiger partial charge in [-0.05, 0) is 51.0 Å². The molecule has 0 spiro atoms. The highest BCUT2D eigenvalue weighted by Gasteiger charge is 2.37. The van der Waals surface area contributed by atoms with Crippen LogP contribution in [-0.2, 0) is 4.74 Å². The van der Waals surface area contributed by atoms with E-state index in [4.69, 9.17) is 10.5 Å². The molecule has 0 saturated heterocycles. The van der Waals surface area contributed by atoms with Gasteiger partial charge in [0.2, 0.25) is 0 Å². The molecule has 0 aromatic rings. The normalized spacial score (nSPS) is 27.1. The maximum atomic E-state index is 6.18. The van der Waals surface area contributed by atoms with E-state index in [0.717, 1.165) is 38.8 Å². The van der Waals surface area contributed by atoms with Crippen molar-refractivity contribution in [2.24, 2.45) is 11.7 Å². The first-order valence-corrected chi connectivity index (χ1v) is 8.71. The van der Waals surface area contributed by atoms with Crippen molar-refractivity contribution in [1.29, 1.82) is 0 Å². The summed E-state index contributed by atoms with van der Waals surface area (Å²) < 4.78 is 5.77. The van der Waals surface area contributed by atoms with Gasteiger partial charge in [-0.25, -0.2) is 0 Å². The fourth-order valence-electron chi connectivity index (χ4n) is 3.33. The molecule has 3 heteroatoms. The van der Waals surface area contributed by atoms with Crippen LogP contribution in [0.5, 0.6) is 0 Å². The van der Waals surface area contributed by atoms with Crippen LogP contribution in [0.4, 0.5) is 0 Å². The molecule has 0 amide bonds. The van der Waals surface area contributed by atoms with Crippen LogP contribution in [0.2, 0.25) is 0 Å².